The first-order valence-electron chi connectivity index (χ1n) is 9.82. The second-order valence-corrected chi connectivity index (χ2v) is 7.20. The lowest BCUT2D eigenvalue weighted by Crippen LogP contribution is -2.37. The highest BCUT2D eigenvalue weighted by Gasteiger charge is 2.23. The molecule has 4 rings (SSSR count). The Morgan fingerprint density at radius 2 is 2.00 bits per heavy atom. The highest BCUT2D eigenvalue weighted by molar-refractivity contribution is 6.07. The van der Waals surface area contributed by atoms with Crippen LogP contribution >= 0.6 is 0 Å². The molecule has 0 spiro atoms. The second kappa shape index (κ2) is 8.14. The number of aryl methyl sites for hydroxylation is 1. The number of aromatic nitrogens is 1. The average molecular weight is 353 g/mol. The molecular weight excluding hydrogens is 326 g/mol. The summed E-state index contributed by atoms with van der Waals surface area (Å²) in [5, 5.41) is 4.13. The van der Waals surface area contributed by atoms with Gasteiger partial charge < -0.3 is 10.1 Å². The number of fused-ring (bicyclic) bond motifs is 2. The number of carbonyl (C=O) groups excluding carboxylic acids is 1. The van der Waals surface area contributed by atoms with Crippen LogP contribution in [0.1, 0.15) is 40.9 Å². The lowest BCUT2D eigenvalue weighted by Gasteiger charge is -2.26. The van der Waals surface area contributed by atoms with E-state index in [4.69, 9.17) is 9.72 Å². The number of para-hydroxylation sites is 1. The first-order chi connectivity index (χ1) is 12.8. The van der Waals surface area contributed by atoms with E-state index in [1.165, 1.54) is 0 Å². The maximum Gasteiger partial charge on any atom is 0.252 e. The van der Waals surface area contributed by atoms with Crippen LogP contribution in [0.25, 0.3) is 10.9 Å². The number of amides is 1. The van der Waals surface area contributed by atoms with Crippen molar-refractivity contribution in [1.29, 1.82) is 0 Å². The van der Waals surface area contributed by atoms with E-state index in [-0.39, 0.29) is 5.91 Å². The summed E-state index contributed by atoms with van der Waals surface area (Å²) in [6, 6.07) is 8.01. The van der Waals surface area contributed by atoms with E-state index in [0.717, 1.165) is 99.2 Å². The second-order valence-electron chi connectivity index (χ2n) is 7.20. The summed E-state index contributed by atoms with van der Waals surface area (Å²) in [6.45, 7) is 5.57. The van der Waals surface area contributed by atoms with Crippen LogP contribution < -0.4 is 5.32 Å². The van der Waals surface area contributed by atoms with Crippen molar-refractivity contribution in [2.24, 2.45) is 0 Å². The molecular formula is C21H27N3O2. The molecule has 1 N–H and O–H groups in total. The Morgan fingerprint density at radius 3 is 2.88 bits per heavy atom. The fraction of sp³-hybridized carbons (Fsp3) is 0.524. The number of hydrogen-bond donors (Lipinski definition) is 1. The van der Waals surface area contributed by atoms with Gasteiger partial charge in [-0.2, -0.15) is 0 Å². The van der Waals surface area contributed by atoms with Crippen molar-refractivity contribution in [3.05, 3.63) is 41.1 Å². The molecule has 2 heterocycles. The quantitative estimate of drug-likeness (QED) is 0.811. The Labute approximate surface area is 154 Å². The Hall–Kier alpha value is -1.98. The van der Waals surface area contributed by atoms with Crippen LogP contribution in [0.4, 0.5) is 0 Å². The van der Waals surface area contributed by atoms with Gasteiger partial charge in [0.15, 0.2) is 0 Å². The zero-order valence-corrected chi connectivity index (χ0v) is 15.3. The normalized spacial score (nSPS) is 17.4. The van der Waals surface area contributed by atoms with Crippen molar-refractivity contribution in [2.45, 2.75) is 32.1 Å². The fourth-order valence-electron chi connectivity index (χ4n) is 4.05. The van der Waals surface area contributed by atoms with Crippen LogP contribution in [0, 0.1) is 0 Å². The third kappa shape index (κ3) is 3.74. The molecule has 26 heavy (non-hydrogen) atoms. The number of hydrogen-bond acceptors (Lipinski definition) is 4. The van der Waals surface area contributed by atoms with E-state index >= 15 is 0 Å². The number of benzene rings is 1. The fourth-order valence-corrected chi connectivity index (χ4v) is 4.05. The largest absolute Gasteiger partial charge is 0.379 e. The van der Waals surface area contributed by atoms with Crippen molar-refractivity contribution in [2.75, 3.05) is 39.4 Å². The topological polar surface area (TPSA) is 54.5 Å². The molecule has 1 fully saturated rings. The van der Waals surface area contributed by atoms with Crippen LogP contribution in [-0.2, 0) is 17.6 Å². The van der Waals surface area contributed by atoms with Crippen LogP contribution in [0.15, 0.2) is 24.3 Å². The summed E-state index contributed by atoms with van der Waals surface area (Å²) in [5.74, 6) is 0.0631. The van der Waals surface area contributed by atoms with E-state index in [2.05, 4.69) is 10.2 Å². The number of carbonyl (C=O) groups is 1. The molecule has 1 saturated heterocycles. The van der Waals surface area contributed by atoms with E-state index in [1.807, 2.05) is 24.3 Å². The first kappa shape index (κ1) is 17.4. The minimum absolute atomic E-state index is 0.0631. The minimum atomic E-state index is 0.0631. The van der Waals surface area contributed by atoms with Crippen molar-refractivity contribution < 1.29 is 9.53 Å². The van der Waals surface area contributed by atoms with Gasteiger partial charge in [0.05, 0.1) is 24.3 Å². The predicted molar refractivity (Wildman–Crippen MR) is 103 cm³/mol. The van der Waals surface area contributed by atoms with Gasteiger partial charge in [-0.3, -0.25) is 14.7 Å². The number of pyridine rings is 1. The van der Waals surface area contributed by atoms with Gasteiger partial charge in [0, 0.05) is 30.7 Å². The van der Waals surface area contributed by atoms with E-state index in [0.29, 0.717) is 0 Å². The zero-order chi connectivity index (χ0) is 17.8. The molecule has 1 amide bonds. The maximum atomic E-state index is 12.9. The van der Waals surface area contributed by atoms with Gasteiger partial charge in [0.2, 0.25) is 0 Å². The summed E-state index contributed by atoms with van der Waals surface area (Å²) < 4.78 is 5.38. The van der Waals surface area contributed by atoms with Crippen molar-refractivity contribution in [3.8, 4) is 0 Å². The number of nitrogens with one attached hydrogen (secondary N) is 1. The summed E-state index contributed by atoms with van der Waals surface area (Å²) in [4.78, 5) is 20.1. The van der Waals surface area contributed by atoms with E-state index in [1.54, 1.807) is 0 Å². The Bertz CT molecular complexity index is 784. The van der Waals surface area contributed by atoms with Crippen molar-refractivity contribution in [1.82, 2.24) is 15.2 Å². The first-order valence-corrected chi connectivity index (χ1v) is 9.82. The molecule has 1 aromatic heterocycles. The SMILES string of the molecule is O=C(NCCCCN1CCOCC1)c1c2c(nc3ccccc13)CCC2. The molecule has 2 aromatic rings. The summed E-state index contributed by atoms with van der Waals surface area (Å²) >= 11 is 0. The third-order valence-corrected chi connectivity index (χ3v) is 5.44. The summed E-state index contributed by atoms with van der Waals surface area (Å²) in [6.07, 6.45) is 5.16. The van der Waals surface area contributed by atoms with Crippen LogP contribution in [0.2, 0.25) is 0 Å². The Balaban J connectivity index is 1.37. The zero-order valence-electron chi connectivity index (χ0n) is 15.3. The molecule has 0 saturated carbocycles. The highest BCUT2D eigenvalue weighted by atomic mass is 16.5. The molecule has 1 aliphatic heterocycles. The van der Waals surface area contributed by atoms with Gasteiger partial charge in [-0.15, -0.1) is 0 Å². The lowest BCUT2D eigenvalue weighted by molar-refractivity contribution is 0.0372. The Kier molecular flexibility index (Phi) is 5.46. The van der Waals surface area contributed by atoms with Gasteiger partial charge in [-0.1, -0.05) is 18.2 Å². The highest BCUT2D eigenvalue weighted by Crippen LogP contribution is 2.29. The third-order valence-electron chi connectivity index (χ3n) is 5.44. The maximum absolute atomic E-state index is 12.9. The smallest absolute Gasteiger partial charge is 0.252 e. The Morgan fingerprint density at radius 1 is 1.15 bits per heavy atom. The van der Waals surface area contributed by atoms with Gasteiger partial charge in [0.1, 0.15) is 0 Å². The molecule has 0 unspecified atom stereocenters. The molecule has 138 valence electrons. The number of unbranched alkanes of at least 4 members (excludes halogenated alkanes) is 1. The van der Waals surface area contributed by atoms with Crippen molar-refractivity contribution in [3.63, 3.8) is 0 Å². The van der Waals surface area contributed by atoms with Gasteiger partial charge in [0.25, 0.3) is 5.91 Å². The lowest BCUT2D eigenvalue weighted by atomic mass is 10.0. The predicted octanol–water partition coefficient (Wildman–Crippen LogP) is 2.57. The van der Waals surface area contributed by atoms with Crippen LogP contribution in [0.5, 0.6) is 0 Å². The van der Waals surface area contributed by atoms with Gasteiger partial charge >= 0.3 is 0 Å². The number of ether oxygens (including phenoxy) is 1. The number of morpholine rings is 1. The standard InChI is InChI=1S/C21H27N3O2/c25-21(22-10-3-4-11-24-12-14-26-15-13-24)20-16-6-1-2-8-18(16)23-19-9-5-7-17(19)20/h1-2,6,8H,3-5,7,9-15H2,(H,22,25). The summed E-state index contributed by atoms with van der Waals surface area (Å²) in [5.41, 5.74) is 4.07. The molecule has 5 nitrogen and oxygen atoms in total. The molecule has 5 heteroatoms. The minimum Gasteiger partial charge on any atom is -0.379 e. The van der Waals surface area contributed by atoms with Crippen molar-refractivity contribution >= 4 is 16.8 Å². The monoisotopic (exact) mass is 353 g/mol. The molecule has 1 aliphatic carbocycles. The summed E-state index contributed by atoms with van der Waals surface area (Å²) in [7, 11) is 0. The molecule has 1 aromatic carbocycles. The van der Waals surface area contributed by atoms with Gasteiger partial charge in [-0.25, -0.2) is 0 Å². The molecule has 0 atom stereocenters. The number of rotatable bonds is 6. The van der Waals surface area contributed by atoms with Crippen LogP contribution in [0.3, 0.4) is 0 Å². The van der Waals surface area contributed by atoms with Gasteiger partial charge in [-0.05, 0) is 50.3 Å². The number of nitrogens with zero attached hydrogens (tertiary/aromatic N) is 2. The van der Waals surface area contributed by atoms with E-state index < -0.39 is 0 Å². The molecule has 2 aliphatic rings. The van der Waals surface area contributed by atoms with E-state index in [9.17, 15) is 4.79 Å². The average Bonchev–Trinajstić information content (AvgIpc) is 3.14. The van der Waals surface area contributed by atoms with Crippen LogP contribution in [-0.4, -0.2) is 55.2 Å². The molecule has 0 radical (unpaired) electrons. The molecule has 0 bridgehead atoms.